The summed E-state index contributed by atoms with van der Waals surface area (Å²) in [5.41, 5.74) is 5.46. The third-order valence-corrected chi connectivity index (χ3v) is 3.42. The van der Waals surface area contributed by atoms with Gasteiger partial charge in [-0.05, 0) is 33.0 Å². The van der Waals surface area contributed by atoms with E-state index in [0.29, 0.717) is 5.11 Å². The summed E-state index contributed by atoms with van der Waals surface area (Å²) in [6.45, 7) is 7.11. The molecule has 1 aromatic rings. The molecule has 0 aromatic carbocycles. The molecule has 1 heterocycles. The smallest absolute Gasteiger partial charge is 0.186 e. The van der Waals surface area contributed by atoms with Gasteiger partial charge in [-0.25, -0.2) is 9.67 Å². The van der Waals surface area contributed by atoms with Crippen molar-refractivity contribution in [1.82, 2.24) is 19.7 Å². The molecule has 1 aromatic heterocycles. The summed E-state index contributed by atoms with van der Waals surface area (Å²) >= 11 is 6.54. The Balaban J connectivity index is 2.53. The minimum absolute atomic E-state index is 0.0477. The molecule has 96 valence electrons. The molecule has 17 heavy (non-hydrogen) atoms. The van der Waals surface area contributed by atoms with Crippen molar-refractivity contribution in [3.05, 3.63) is 6.33 Å². The number of nitrogens with zero attached hydrogens (tertiary/aromatic N) is 4. The van der Waals surface area contributed by atoms with E-state index in [9.17, 15) is 0 Å². The molecule has 0 aliphatic carbocycles. The van der Waals surface area contributed by atoms with E-state index in [-0.39, 0.29) is 5.54 Å². The van der Waals surface area contributed by atoms with Crippen molar-refractivity contribution in [2.75, 3.05) is 19.3 Å². The second-order valence-electron chi connectivity index (χ2n) is 4.73. The lowest BCUT2D eigenvalue weighted by atomic mass is 10.1. The lowest BCUT2D eigenvalue weighted by Crippen LogP contribution is -2.33. The first-order chi connectivity index (χ1) is 7.82. The summed E-state index contributed by atoms with van der Waals surface area (Å²) in [6, 6.07) is 0. The fourth-order valence-electron chi connectivity index (χ4n) is 1.17. The van der Waals surface area contributed by atoms with E-state index in [1.807, 2.05) is 16.6 Å². The third kappa shape index (κ3) is 4.16. The van der Waals surface area contributed by atoms with Gasteiger partial charge in [0.2, 0.25) is 0 Å². The Morgan fingerprint density at radius 3 is 2.76 bits per heavy atom. The third-order valence-electron chi connectivity index (χ3n) is 2.19. The highest BCUT2D eigenvalue weighted by Crippen LogP contribution is 2.21. The van der Waals surface area contributed by atoms with Gasteiger partial charge in [0.05, 0.1) is 5.54 Å². The highest BCUT2D eigenvalue weighted by molar-refractivity contribution is 7.99. The highest BCUT2D eigenvalue weighted by Gasteiger charge is 2.18. The van der Waals surface area contributed by atoms with Crippen molar-refractivity contribution in [1.29, 1.82) is 0 Å². The predicted molar refractivity (Wildman–Crippen MR) is 75.2 cm³/mol. The maximum Gasteiger partial charge on any atom is 0.186 e. The molecule has 0 unspecified atom stereocenters. The van der Waals surface area contributed by atoms with Crippen LogP contribution in [0.5, 0.6) is 0 Å². The number of hydrogen-bond acceptors (Lipinski definition) is 4. The van der Waals surface area contributed by atoms with Crippen LogP contribution in [0.15, 0.2) is 11.5 Å². The summed E-state index contributed by atoms with van der Waals surface area (Å²) in [4.78, 5) is 6.10. The Hall–Kier alpha value is -0.820. The van der Waals surface area contributed by atoms with E-state index in [0.717, 1.165) is 17.5 Å². The van der Waals surface area contributed by atoms with Crippen molar-refractivity contribution in [2.45, 2.75) is 31.5 Å². The number of rotatable bonds is 4. The van der Waals surface area contributed by atoms with Gasteiger partial charge in [0.1, 0.15) is 6.33 Å². The molecule has 0 atom stereocenters. The summed E-state index contributed by atoms with van der Waals surface area (Å²) in [5.74, 6) is 0.878. The molecule has 5 nitrogen and oxygen atoms in total. The van der Waals surface area contributed by atoms with E-state index >= 15 is 0 Å². The van der Waals surface area contributed by atoms with Gasteiger partial charge >= 0.3 is 0 Å². The van der Waals surface area contributed by atoms with Crippen LogP contribution in [-0.4, -0.2) is 44.1 Å². The molecule has 0 radical (unpaired) electrons. The van der Waals surface area contributed by atoms with Gasteiger partial charge in [-0.3, -0.25) is 0 Å². The molecular weight excluding hydrogens is 254 g/mol. The topological polar surface area (TPSA) is 60.0 Å². The summed E-state index contributed by atoms with van der Waals surface area (Å²) in [6.07, 6.45) is 1.59. The average Bonchev–Trinajstić information content (AvgIpc) is 2.65. The van der Waals surface area contributed by atoms with E-state index < -0.39 is 0 Å². The normalized spacial score (nSPS) is 11.5. The number of hydrogen-bond donors (Lipinski definition) is 1. The first-order valence-corrected chi connectivity index (χ1v) is 6.75. The lowest BCUT2D eigenvalue weighted by molar-refractivity contribution is 0.326. The maximum absolute atomic E-state index is 5.51. The van der Waals surface area contributed by atoms with Gasteiger partial charge in [-0.15, -0.1) is 0 Å². The van der Waals surface area contributed by atoms with Crippen molar-refractivity contribution in [2.24, 2.45) is 5.73 Å². The molecule has 1 rings (SSSR count). The van der Waals surface area contributed by atoms with Gasteiger partial charge in [0.25, 0.3) is 0 Å². The SMILES string of the molecule is CN(CCSc1ncnn1C(C)(C)C)C(N)=S. The van der Waals surface area contributed by atoms with Crippen molar-refractivity contribution < 1.29 is 0 Å². The lowest BCUT2D eigenvalue weighted by Gasteiger charge is -2.21. The van der Waals surface area contributed by atoms with E-state index in [2.05, 4.69) is 30.9 Å². The largest absolute Gasteiger partial charge is 0.376 e. The highest BCUT2D eigenvalue weighted by atomic mass is 32.2. The van der Waals surface area contributed by atoms with Gasteiger partial charge in [-0.1, -0.05) is 11.8 Å². The fourth-order valence-corrected chi connectivity index (χ4v) is 2.38. The van der Waals surface area contributed by atoms with Gasteiger partial charge in [-0.2, -0.15) is 5.10 Å². The maximum atomic E-state index is 5.51. The standard InChI is InChI=1S/C10H19N5S2/c1-10(2,3)15-9(12-7-13-15)17-6-5-14(4)8(11)16/h7H,5-6H2,1-4H3,(H2,11,16). The van der Waals surface area contributed by atoms with Crippen LogP contribution in [0.2, 0.25) is 0 Å². The minimum Gasteiger partial charge on any atom is -0.376 e. The molecule has 0 saturated heterocycles. The number of nitrogens with two attached hydrogens (primary N) is 1. The first-order valence-electron chi connectivity index (χ1n) is 5.36. The second kappa shape index (κ2) is 5.68. The van der Waals surface area contributed by atoms with E-state index in [1.165, 1.54) is 0 Å². The average molecular weight is 273 g/mol. The van der Waals surface area contributed by atoms with Crippen LogP contribution in [0, 0.1) is 0 Å². The molecule has 0 aliphatic heterocycles. The Kier molecular flexibility index (Phi) is 4.76. The van der Waals surface area contributed by atoms with Gasteiger partial charge in [0.15, 0.2) is 10.3 Å². The summed E-state index contributed by atoms with van der Waals surface area (Å²) in [7, 11) is 1.89. The Labute approximate surface area is 112 Å². The predicted octanol–water partition coefficient (Wildman–Crippen LogP) is 1.30. The first kappa shape index (κ1) is 14.2. The zero-order valence-electron chi connectivity index (χ0n) is 10.7. The van der Waals surface area contributed by atoms with Crippen LogP contribution in [0.25, 0.3) is 0 Å². The van der Waals surface area contributed by atoms with E-state index in [1.54, 1.807) is 18.1 Å². The van der Waals surface area contributed by atoms with Crippen LogP contribution < -0.4 is 5.73 Å². The molecule has 0 fully saturated rings. The summed E-state index contributed by atoms with van der Waals surface area (Å²) < 4.78 is 1.93. The molecule has 0 saturated carbocycles. The Morgan fingerprint density at radius 1 is 1.59 bits per heavy atom. The Bertz CT molecular complexity index is 382. The molecule has 0 aliphatic rings. The van der Waals surface area contributed by atoms with Crippen LogP contribution in [0.4, 0.5) is 0 Å². The molecule has 0 spiro atoms. The monoisotopic (exact) mass is 273 g/mol. The zero-order chi connectivity index (χ0) is 13.1. The molecular formula is C10H19N5S2. The number of thioether (sulfide) groups is 1. The van der Waals surface area contributed by atoms with Crippen LogP contribution >= 0.6 is 24.0 Å². The van der Waals surface area contributed by atoms with Crippen LogP contribution in [0.1, 0.15) is 20.8 Å². The van der Waals surface area contributed by atoms with Gasteiger partial charge in [0, 0.05) is 19.3 Å². The molecule has 2 N–H and O–H groups in total. The molecule has 0 bridgehead atoms. The second-order valence-corrected chi connectivity index (χ2v) is 6.21. The van der Waals surface area contributed by atoms with Crippen LogP contribution in [0.3, 0.4) is 0 Å². The quantitative estimate of drug-likeness (QED) is 0.659. The van der Waals surface area contributed by atoms with Crippen LogP contribution in [-0.2, 0) is 5.54 Å². The van der Waals surface area contributed by atoms with Gasteiger partial charge < -0.3 is 10.6 Å². The number of aromatic nitrogens is 3. The summed E-state index contributed by atoms with van der Waals surface area (Å²) in [5, 5.41) is 5.59. The zero-order valence-corrected chi connectivity index (χ0v) is 12.3. The van der Waals surface area contributed by atoms with Crippen molar-refractivity contribution in [3.8, 4) is 0 Å². The minimum atomic E-state index is -0.0477. The number of thiocarbonyl (C=S) groups is 1. The molecule has 7 heteroatoms. The van der Waals surface area contributed by atoms with E-state index in [4.69, 9.17) is 18.0 Å². The Morgan fingerprint density at radius 2 is 2.24 bits per heavy atom. The molecule has 0 amide bonds. The fraction of sp³-hybridized carbons (Fsp3) is 0.700. The van der Waals surface area contributed by atoms with Crippen molar-refractivity contribution >= 4 is 29.1 Å². The van der Waals surface area contributed by atoms with Crippen molar-refractivity contribution in [3.63, 3.8) is 0 Å².